The third kappa shape index (κ3) is 1.94. The maximum atomic E-state index is 12.2. The van der Waals surface area contributed by atoms with Gasteiger partial charge in [-0.3, -0.25) is 4.79 Å². The number of hydrogen-bond donors (Lipinski definition) is 1. The maximum absolute atomic E-state index is 12.2. The van der Waals surface area contributed by atoms with E-state index in [-0.39, 0.29) is 5.56 Å². The van der Waals surface area contributed by atoms with E-state index in [1.165, 1.54) is 19.3 Å². The number of hydrogen-bond acceptors (Lipinski definition) is 3. The van der Waals surface area contributed by atoms with Crippen molar-refractivity contribution in [3.05, 3.63) is 27.7 Å². The third-order valence-electron chi connectivity index (χ3n) is 4.18. The predicted molar refractivity (Wildman–Crippen MR) is 70.6 cm³/mol. The fraction of sp³-hybridized carbons (Fsp3) is 0.643. The summed E-state index contributed by atoms with van der Waals surface area (Å²) in [6.45, 7) is 1.24. The van der Waals surface area contributed by atoms with Gasteiger partial charge in [0.05, 0.1) is 18.9 Å². The van der Waals surface area contributed by atoms with Crippen LogP contribution >= 0.6 is 0 Å². The summed E-state index contributed by atoms with van der Waals surface area (Å²) in [4.78, 5) is 12.2. The Morgan fingerprint density at radius 1 is 1.28 bits per heavy atom. The summed E-state index contributed by atoms with van der Waals surface area (Å²) >= 11 is 0. The fourth-order valence-electron chi connectivity index (χ4n) is 3.26. The number of pyridine rings is 1. The van der Waals surface area contributed by atoms with Gasteiger partial charge in [-0.25, -0.2) is 0 Å². The molecular formula is C14H20N2O2. The first kappa shape index (κ1) is 11.8. The van der Waals surface area contributed by atoms with E-state index < -0.39 is 0 Å². The van der Waals surface area contributed by atoms with Crippen molar-refractivity contribution in [3.8, 4) is 0 Å². The van der Waals surface area contributed by atoms with E-state index in [0.717, 1.165) is 30.5 Å². The summed E-state index contributed by atoms with van der Waals surface area (Å²) in [5, 5.41) is 0. The molecule has 1 saturated carbocycles. The Hall–Kier alpha value is -1.29. The number of nitrogens with two attached hydrogens (primary N) is 1. The van der Waals surface area contributed by atoms with Gasteiger partial charge in [0.15, 0.2) is 0 Å². The Kier molecular flexibility index (Phi) is 3.12. The molecule has 2 aliphatic rings. The minimum atomic E-state index is 0.0450. The van der Waals surface area contributed by atoms with Gasteiger partial charge < -0.3 is 15.0 Å². The second-order valence-electron chi connectivity index (χ2n) is 5.33. The zero-order valence-electron chi connectivity index (χ0n) is 10.7. The molecule has 2 N–H and O–H groups in total. The van der Waals surface area contributed by atoms with Crippen molar-refractivity contribution < 1.29 is 4.74 Å². The van der Waals surface area contributed by atoms with Crippen LogP contribution in [0.25, 0.3) is 0 Å². The largest absolute Gasteiger partial charge is 0.398 e. The van der Waals surface area contributed by atoms with E-state index in [0.29, 0.717) is 24.9 Å². The molecule has 1 aromatic rings. The second kappa shape index (κ2) is 4.76. The van der Waals surface area contributed by atoms with Gasteiger partial charge in [-0.2, -0.15) is 0 Å². The van der Waals surface area contributed by atoms with Crippen LogP contribution in [-0.4, -0.2) is 11.2 Å². The first-order chi connectivity index (χ1) is 8.77. The molecule has 3 rings (SSSR count). The normalized spacial score (nSPS) is 20.7. The van der Waals surface area contributed by atoms with E-state index in [9.17, 15) is 4.79 Å². The molecule has 0 atom stereocenters. The highest BCUT2D eigenvalue weighted by molar-refractivity contribution is 5.49. The number of anilines is 1. The highest BCUT2D eigenvalue weighted by Crippen LogP contribution is 2.31. The molecule has 0 bridgehead atoms. The summed E-state index contributed by atoms with van der Waals surface area (Å²) in [6.07, 6.45) is 6.77. The number of nitrogens with zero attached hydrogens (tertiary/aromatic N) is 1. The average molecular weight is 248 g/mol. The zero-order chi connectivity index (χ0) is 12.5. The maximum Gasteiger partial charge on any atom is 0.253 e. The molecule has 18 heavy (non-hydrogen) atoms. The van der Waals surface area contributed by atoms with Gasteiger partial charge in [0, 0.05) is 17.8 Å². The third-order valence-corrected chi connectivity index (χ3v) is 4.18. The Morgan fingerprint density at radius 2 is 2.06 bits per heavy atom. The summed E-state index contributed by atoms with van der Waals surface area (Å²) in [5.41, 5.74) is 8.82. The Balaban J connectivity index is 2.09. The number of ether oxygens (including phenoxy) is 1. The lowest BCUT2D eigenvalue weighted by Gasteiger charge is -2.30. The van der Waals surface area contributed by atoms with E-state index in [1.807, 2.05) is 4.57 Å². The van der Waals surface area contributed by atoms with Crippen molar-refractivity contribution in [2.24, 2.45) is 0 Å². The van der Waals surface area contributed by atoms with Crippen LogP contribution < -0.4 is 11.3 Å². The minimum absolute atomic E-state index is 0.0450. The predicted octanol–water partition coefficient (Wildman–Crippen LogP) is 2.01. The van der Waals surface area contributed by atoms with Crippen molar-refractivity contribution in [3.63, 3.8) is 0 Å². The standard InChI is InChI=1S/C14H20N2O2/c15-12-8-14(17)16(10-4-2-1-3-5-10)13-9-18-7-6-11(12)13/h8,10H,1-7,9,15H2. The van der Waals surface area contributed by atoms with Gasteiger partial charge in [-0.1, -0.05) is 19.3 Å². The van der Waals surface area contributed by atoms with E-state index in [1.54, 1.807) is 6.07 Å². The zero-order valence-corrected chi connectivity index (χ0v) is 10.7. The van der Waals surface area contributed by atoms with Crippen molar-refractivity contribution in [2.75, 3.05) is 12.3 Å². The summed E-state index contributed by atoms with van der Waals surface area (Å²) in [7, 11) is 0. The number of fused-ring (bicyclic) bond motifs is 1. The summed E-state index contributed by atoms with van der Waals surface area (Å²) < 4.78 is 7.48. The topological polar surface area (TPSA) is 57.2 Å². The van der Waals surface area contributed by atoms with Crippen molar-refractivity contribution in [1.29, 1.82) is 0 Å². The van der Waals surface area contributed by atoms with Gasteiger partial charge in [-0.05, 0) is 24.8 Å². The van der Waals surface area contributed by atoms with Crippen LogP contribution in [0, 0.1) is 0 Å². The lowest BCUT2D eigenvalue weighted by atomic mass is 9.94. The Labute approximate surface area is 107 Å². The van der Waals surface area contributed by atoms with Crippen LogP contribution in [0.1, 0.15) is 49.4 Å². The van der Waals surface area contributed by atoms with Gasteiger partial charge in [-0.15, -0.1) is 0 Å². The highest BCUT2D eigenvalue weighted by Gasteiger charge is 2.24. The van der Waals surface area contributed by atoms with Crippen LogP contribution in [0.2, 0.25) is 0 Å². The highest BCUT2D eigenvalue weighted by atomic mass is 16.5. The van der Waals surface area contributed by atoms with Gasteiger partial charge >= 0.3 is 0 Å². The molecule has 0 aromatic carbocycles. The molecule has 1 aliphatic carbocycles. The molecular weight excluding hydrogens is 228 g/mol. The quantitative estimate of drug-likeness (QED) is 0.827. The summed E-state index contributed by atoms with van der Waals surface area (Å²) in [5.74, 6) is 0. The van der Waals surface area contributed by atoms with Gasteiger partial charge in [0.2, 0.25) is 0 Å². The molecule has 1 aromatic heterocycles. The lowest BCUT2D eigenvalue weighted by Crippen LogP contribution is -2.32. The number of nitrogen functional groups attached to an aromatic ring is 1. The molecule has 0 saturated heterocycles. The van der Waals surface area contributed by atoms with Crippen LogP contribution in [0.4, 0.5) is 5.69 Å². The van der Waals surface area contributed by atoms with Crippen molar-refractivity contribution in [1.82, 2.24) is 4.57 Å². The van der Waals surface area contributed by atoms with E-state index >= 15 is 0 Å². The minimum Gasteiger partial charge on any atom is -0.398 e. The number of aromatic nitrogens is 1. The molecule has 0 amide bonds. The van der Waals surface area contributed by atoms with Crippen LogP contribution in [-0.2, 0) is 17.8 Å². The Morgan fingerprint density at radius 3 is 2.83 bits per heavy atom. The van der Waals surface area contributed by atoms with Crippen LogP contribution in [0.15, 0.2) is 10.9 Å². The first-order valence-corrected chi connectivity index (χ1v) is 6.88. The molecule has 4 nitrogen and oxygen atoms in total. The van der Waals surface area contributed by atoms with Crippen LogP contribution in [0.5, 0.6) is 0 Å². The lowest BCUT2D eigenvalue weighted by molar-refractivity contribution is 0.101. The molecule has 0 spiro atoms. The van der Waals surface area contributed by atoms with Gasteiger partial charge in [0.25, 0.3) is 5.56 Å². The molecule has 0 radical (unpaired) electrons. The molecule has 1 fully saturated rings. The van der Waals surface area contributed by atoms with Gasteiger partial charge in [0.1, 0.15) is 0 Å². The summed E-state index contributed by atoms with van der Waals surface area (Å²) in [6, 6.07) is 1.95. The molecule has 98 valence electrons. The molecule has 0 unspecified atom stereocenters. The molecule has 4 heteroatoms. The Bertz CT molecular complexity index is 501. The van der Waals surface area contributed by atoms with Crippen molar-refractivity contribution >= 4 is 5.69 Å². The fourth-order valence-corrected chi connectivity index (χ4v) is 3.26. The number of rotatable bonds is 1. The monoisotopic (exact) mass is 248 g/mol. The molecule has 1 aliphatic heterocycles. The molecule has 2 heterocycles. The van der Waals surface area contributed by atoms with E-state index in [2.05, 4.69) is 0 Å². The van der Waals surface area contributed by atoms with Crippen molar-refractivity contribution in [2.45, 2.75) is 51.2 Å². The van der Waals surface area contributed by atoms with Crippen LogP contribution in [0.3, 0.4) is 0 Å². The SMILES string of the molecule is Nc1cc(=O)n(C2CCCCC2)c2c1CCOC2. The first-order valence-electron chi connectivity index (χ1n) is 6.88. The van der Waals surface area contributed by atoms with E-state index in [4.69, 9.17) is 10.5 Å². The average Bonchev–Trinajstić information content (AvgIpc) is 2.40. The smallest absolute Gasteiger partial charge is 0.253 e. The second-order valence-corrected chi connectivity index (χ2v) is 5.33.